The molecule has 0 saturated carbocycles. The zero-order valence-electron chi connectivity index (χ0n) is 16.4. The number of piperidine rings is 1. The zero-order chi connectivity index (χ0) is 21.6. The van der Waals surface area contributed by atoms with Crippen LogP contribution in [-0.2, 0) is 21.4 Å². The van der Waals surface area contributed by atoms with Crippen molar-refractivity contribution in [3.8, 4) is 6.07 Å². The molecule has 2 heterocycles. The summed E-state index contributed by atoms with van der Waals surface area (Å²) in [6.45, 7) is 1.13. The molecule has 158 valence electrons. The van der Waals surface area contributed by atoms with Crippen molar-refractivity contribution in [2.24, 2.45) is 5.92 Å². The van der Waals surface area contributed by atoms with E-state index >= 15 is 0 Å². The average Bonchev–Trinajstić information content (AvgIpc) is 2.77. The number of nitriles is 1. The predicted molar refractivity (Wildman–Crippen MR) is 113 cm³/mol. The monoisotopic (exact) mass is 446 g/mol. The van der Waals surface area contributed by atoms with Crippen molar-refractivity contribution in [3.05, 3.63) is 59.4 Å². The van der Waals surface area contributed by atoms with Crippen LogP contribution in [0.4, 0.5) is 0 Å². The van der Waals surface area contributed by atoms with E-state index in [4.69, 9.17) is 16.9 Å². The van der Waals surface area contributed by atoms with Crippen LogP contribution in [-0.4, -0.2) is 48.1 Å². The standard InChI is InChI=1S/C21H23ClN4O3S/c22-19-6-8-20(9-7-19)30(28,29)26-13-2-5-18(16-26)21(27)25(12-3-10-23)15-17-4-1-11-24-14-17/h1,4,6-9,11,14,18H,2-3,5,12-13,15-16H2. The molecule has 0 N–H and O–H groups in total. The highest BCUT2D eigenvalue weighted by Crippen LogP contribution is 2.26. The zero-order valence-corrected chi connectivity index (χ0v) is 18.0. The van der Waals surface area contributed by atoms with Gasteiger partial charge in [0.1, 0.15) is 0 Å². The molecule has 1 aromatic heterocycles. The lowest BCUT2D eigenvalue weighted by Gasteiger charge is -2.34. The van der Waals surface area contributed by atoms with Gasteiger partial charge in [-0.05, 0) is 48.7 Å². The quantitative estimate of drug-likeness (QED) is 0.651. The number of hydrogen-bond acceptors (Lipinski definition) is 5. The number of benzene rings is 1. The number of rotatable bonds is 7. The van der Waals surface area contributed by atoms with Crippen LogP contribution >= 0.6 is 11.6 Å². The summed E-state index contributed by atoms with van der Waals surface area (Å²) in [5.41, 5.74) is 0.866. The Bertz CT molecular complexity index is 1010. The minimum atomic E-state index is -3.71. The maximum Gasteiger partial charge on any atom is 0.243 e. The maximum absolute atomic E-state index is 13.2. The summed E-state index contributed by atoms with van der Waals surface area (Å²) in [6.07, 6.45) is 4.77. The third kappa shape index (κ3) is 5.36. The van der Waals surface area contributed by atoms with Gasteiger partial charge in [-0.25, -0.2) is 8.42 Å². The fraction of sp³-hybridized carbons (Fsp3) is 0.381. The topological polar surface area (TPSA) is 94.4 Å². The van der Waals surface area contributed by atoms with Crippen molar-refractivity contribution in [3.63, 3.8) is 0 Å². The number of hydrogen-bond donors (Lipinski definition) is 0. The molecule has 1 fully saturated rings. The minimum Gasteiger partial charge on any atom is -0.337 e. The molecule has 1 aliphatic rings. The van der Waals surface area contributed by atoms with Gasteiger partial charge in [-0.2, -0.15) is 9.57 Å². The highest BCUT2D eigenvalue weighted by atomic mass is 35.5. The number of carbonyl (C=O) groups is 1. The van der Waals surface area contributed by atoms with Gasteiger partial charge >= 0.3 is 0 Å². The molecule has 0 spiro atoms. The Morgan fingerprint density at radius 2 is 2.07 bits per heavy atom. The molecule has 3 rings (SSSR count). The molecule has 1 amide bonds. The van der Waals surface area contributed by atoms with Crippen molar-refractivity contribution >= 4 is 27.5 Å². The summed E-state index contributed by atoms with van der Waals surface area (Å²) >= 11 is 5.87. The lowest BCUT2D eigenvalue weighted by molar-refractivity contribution is -0.137. The van der Waals surface area contributed by atoms with Crippen molar-refractivity contribution in [1.29, 1.82) is 5.26 Å². The second-order valence-corrected chi connectivity index (χ2v) is 9.56. The van der Waals surface area contributed by atoms with Crippen LogP contribution < -0.4 is 0 Å². The number of nitrogens with zero attached hydrogens (tertiary/aromatic N) is 4. The van der Waals surface area contributed by atoms with E-state index in [1.807, 2.05) is 6.07 Å². The summed E-state index contributed by atoms with van der Waals surface area (Å²) in [6, 6.07) is 11.8. The van der Waals surface area contributed by atoms with E-state index in [9.17, 15) is 13.2 Å². The van der Waals surface area contributed by atoms with E-state index in [-0.39, 0.29) is 23.8 Å². The Kier molecular flexibility index (Phi) is 7.43. The highest BCUT2D eigenvalue weighted by molar-refractivity contribution is 7.89. The maximum atomic E-state index is 13.2. The van der Waals surface area contributed by atoms with Gasteiger partial charge in [0, 0.05) is 43.6 Å². The third-order valence-corrected chi connectivity index (χ3v) is 7.22. The van der Waals surface area contributed by atoms with Gasteiger partial charge in [0.25, 0.3) is 0 Å². The SMILES string of the molecule is N#CCCN(Cc1cccnc1)C(=O)C1CCCN(S(=O)(=O)c2ccc(Cl)cc2)C1. The summed E-state index contributed by atoms with van der Waals surface area (Å²) in [4.78, 5) is 19.1. The lowest BCUT2D eigenvalue weighted by atomic mass is 9.97. The second kappa shape index (κ2) is 10.0. The smallest absolute Gasteiger partial charge is 0.243 e. The van der Waals surface area contributed by atoms with Crippen LogP contribution in [0, 0.1) is 17.2 Å². The van der Waals surface area contributed by atoms with Gasteiger partial charge in [0.2, 0.25) is 15.9 Å². The Hall–Kier alpha value is -2.47. The molecule has 7 nitrogen and oxygen atoms in total. The minimum absolute atomic E-state index is 0.125. The molecule has 1 unspecified atom stereocenters. The number of sulfonamides is 1. The van der Waals surface area contributed by atoms with Crippen molar-refractivity contribution in [1.82, 2.24) is 14.2 Å². The first kappa shape index (κ1) is 22.2. The van der Waals surface area contributed by atoms with Gasteiger partial charge in [0.05, 0.1) is 23.3 Å². The van der Waals surface area contributed by atoms with E-state index in [0.29, 0.717) is 37.5 Å². The van der Waals surface area contributed by atoms with E-state index < -0.39 is 15.9 Å². The van der Waals surface area contributed by atoms with Crippen molar-refractivity contribution in [2.75, 3.05) is 19.6 Å². The molecule has 9 heteroatoms. The molecule has 0 bridgehead atoms. The molecule has 1 saturated heterocycles. The number of carbonyl (C=O) groups excluding carboxylic acids is 1. The Balaban J connectivity index is 1.75. The third-order valence-electron chi connectivity index (χ3n) is 5.09. The molecule has 1 aromatic carbocycles. The molecular weight excluding hydrogens is 424 g/mol. The first-order valence-corrected chi connectivity index (χ1v) is 11.5. The van der Waals surface area contributed by atoms with Gasteiger partial charge < -0.3 is 4.90 Å². The van der Waals surface area contributed by atoms with Crippen LogP contribution in [0.3, 0.4) is 0 Å². The van der Waals surface area contributed by atoms with E-state index in [1.165, 1.54) is 16.4 Å². The van der Waals surface area contributed by atoms with Crippen LogP contribution in [0.25, 0.3) is 0 Å². The second-order valence-electron chi connectivity index (χ2n) is 7.19. The Morgan fingerprint density at radius 1 is 1.30 bits per heavy atom. The van der Waals surface area contributed by atoms with Gasteiger partial charge in [-0.15, -0.1) is 0 Å². The largest absolute Gasteiger partial charge is 0.337 e. The number of pyridine rings is 1. The highest BCUT2D eigenvalue weighted by Gasteiger charge is 2.35. The first-order chi connectivity index (χ1) is 14.4. The summed E-state index contributed by atoms with van der Waals surface area (Å²) in [5.74, 6) is -0.582. The fourth-order valence-corrected chi connectivity index (χ4v) is 5.19. The fourth-order valence-electron chi connectivity index (χ4n) is 3.54. The van der Waals surface area contributed by atoms with Gasteiger partial charge in [0.15, 0.2) is 0 Å². The lowest BCUT2D eigenvalue weighted by Crippen LogP contribution is -2.46. The molecule has 1 aliphatic heterocycles. The number of halogens is 1. The van der Waals surface area contributed by atoms with E-state index in [1.54, 1.807) is 35.5 Å². The number of aromatic nitrogens is 1. The molecule has 2 aromatic rings. The van der Waals surface area contributed by atoms with Crippen LogP contribution in [0.15, 0.2) is 53.7 Å². The van der Waals surface area contributed by atoms with Crippen LogP contribution in [0.5, 0.6) is 0 Å². The van der Waals surface area contributed by atoms with E-state index in [0.717, 1.165) is 5.56 Å². The molecule has 0 radical (unpaired) electrons. The summed E-state index contributed by atoms with van der Waals surface area (Å²) in [7, 11) is -3.71. The number of amides is 1. The van der Waals surface area contributed by atoms with Crippen molar-refractivity contribution < 1.29 is 13.2 Å². The normalized spacial score (nSPS) is 17.3. The summed E-state index contributed by atoms with van der Waals surface area (Å²) < 4.78 is 27.4. The predicted octanol–water partition coefficient (Wildman–Crippen LogP) is 3.08. The molecule has 1 atom stereocenters. The van der Waals surface area contributed by atoms with E-state index in [2.05, 4.69) is 11.1 Å². The average molecular weight is 447 g/mol. The molecule has 30 heavy (non-hydrogen) atoms. The van der Waals surface area contributed by atoms with Crippen LogP contribution in [0.2, 0.25) is 5.02 Å². The van der Waals surface area contributed by atoms with Crippen LogP contribution in [0.1, 0.15) is 24.8 Å². The Morgan fingerprint density at radius 3 is 2.73 bits per heavy atom. The molecule has 0 aliphatic carbocycles. The molecular formula is C21H23ClN4O3S. The summed E-state index contributed by atoms with van der Waals surface area (Å²) in [5, 5.41) is 9.43. The van der Waals surface area contributed by atoms with Crippen molar-refractivity contribution in [2.45, 2.75) is 30.7 Å². The first-order valence-electron chi connectivity index (χ1n) is 9.72. The Labute approximate surface area is 181 Å². The van der Waals surface area contributed by atoms with Gasteiger partial charge in [-0.3, -0.25) is 9.78 Å². The van der Waals surface area contributed by atoms with Gasteiger partial charge in [-0.1, -0.05) is 17.7 Å².